The predicted octanol–water partition coefficient (Wildman–Crippen LogP) is 3.38. The van der Waals surface area contributed by atoms with E-state index in [0.717, 1.165) is 0 Å². The molecule has 0 aliphatic heterocycles. The summed E-state index contributed by atoms with van der Waals surface area (Å²) in [4.78, 5) is 12.1. The van der Waals surface area contributed by atoms with Crippen LogP contribution < -0.4 is 11.1 Å². The van der Waals surface area contributed by atoms with Crippen molar-refractivity contribution in [1.29, 1.82) is 0 Å². The summed E-state index contributed by atoms with van der Waals surface area (Å²) in [6.07, 6.45) is 0. The van der Waals surface area contributed by atoms with Crippen LogP contribution in [0.4, 0.5) is 15.8 Å². The molecule has 3 N–H and O–H groups in total. The molecule has 0 unspecified atom stereocenters. The molecule has 0 bridgehead atoms. The quantitative estimate of drug-likeness (QED) is 0.879. The second kappa shape index (κ2) is 4.73. The van der Waals surface area contributed by atoms with Crippen LogP contribution in [0.15, 0.2) is 29.6 Å². The van der Waals surface area contributed by atoms with Crippen LogP contribution >= 0.6 is 22.9 Å². The SMILES string of the molecule is Nc1ccsc1C(=O)Nc1cc(Cl)ccc1F. The Hall–Kier alpha value is -1.59. The minimum absolute atomic E-state index is 0.0373. The first kappa shape index (κ1) is 11.9. The van der Waals surface area contributed by atoms with Crippen molar-refractivity contribution >= 4 is 40.2 Å². The highest BCUT2D eigenvalue weighted by Crippen LogP contribution is 2.23. The van der Waals surface area contributed by atoms with E-state index in [2.05, 4.69) is 5.32 Å². The lowest BCUT2D eigenvalue weighted by Crippen LogP contribution is -2.12. The summed E-state index contributed by atoms with van der Waals surface area (Å²) in [5.74, 6) is -0.989. The van der Waals surface area contributed by atoms with Crippen LogP contribution in [0.25, 0.3) is 0 Å². The van der Waals surface area contributed by atoms with Crippen LogP contribution in [0.2, 0.25) is 5.02 Å². The number of carbonyl (C=O) groups excluding carboxylic acids is 1. The number of nitrogens with one attached hydrogen (secondary N) is 1. The largest absolute Gasteiger partial charge is 0.397 e. The van der Waals surface area contributed by atoms with E-state index in [9.17, 15) is 9.18 Å². The fourth-order valence-corrected chi connectivity index (χ4v) is 2.16. The Labute approximate surface area is 106 Å². The number of nitrogen functional groups attached to an aromatic ring is 1. The van der Waals surface area contributed by atoms with E-state index in [1.165, 1.54) is 29.5 Å². The maximum Gasteiger partial charge on any atom is 0.267 e. The third-order valence-corrected chi connectivity index (χ3v) is 3.24. The molecule has 1 aromatic carbocycles. The summed E-state index contributed by atoms with van der Waals surface area (Å²) in [6, 6.07) is 5.56. The number of carbonyl (C=O) groups is 1. The van der Waals surface area contributed by atoms with Crippen molar-refractivity contribution in [2.75, 3.05) is 11.1 Å². The molecule has 88 valence electrons. The lowest BCUT2D eigenvalue weighted by molar-refractivity contribution is 0.103. The van der Waals surface area contributed by atoms with Crippen molar-refractivity contribution in [2.45, 2.75) is 0 Å². The van der Waals surface area contributed by atoms with Crippen LogP contribution in [0.1, 0.15) is 9.67 Å². The predicted molar refractivity (Wildman–Crippen MR) is 68.1 cm³/mol. The Morgan fingerprint density at radius 2 is 2.18 bits per heavy atom. The molecule has 0 aliphatic rings. The number of thiophene rings is 1. The van der Waals surface area contributed by atoms with Gasteiger partial charge in [-0.1, -0.05) is 11.6 Å². The summed E-state index contributed by atoms with van der Waals surface area (Å²) < 4.78 is 13.4. The maximum atomic E-state index is 13.4. The van der Waals surface area contributed by atoms with Gasteiger partial charge in [0.05, 0.1) is 11.4 Å². The average Bonchev–Trinajstić information content (AvgIpc) is 2.70. The molecule has 2 aromatic rings. The number of hydrogen-bond acceptors (Lipinski definition) is 3. The zero-order chi connectivity index (χ0) is 12.4. The van der Waals surface area contributed by atoms with Gasteiger partial charge < -0.3 is 11.1 Å². The van der Waals surface area contributed by atoms with E-state index in [-0.39, 0.29) is 5.69 Å². The van der Waals surface area contributed by atoms with E-state index < -0.39 is 11.7 Å². The molecule has 0 aliphatic carbocycles. The van der Waals surface area contributed by atoms with Gasteiger partial charge in [0.25, 0.3) is 5.91 Å². The molecule has 1 heterocycles. The summed E-state index contributed by atoms with van der Waals surface area (Å²) in [6.45, 7) is 0. The van der Waals surface area contributed by atoms with Crippen molar-refractivity contribution < 1.29 is 9.18 Å². The van der Waals surface area contributed by atoms with Crippen molar-refractivity contribution in [3.05, 3.63) is 45.4 Å². The van der Waals surface area contributed by atoms with E-state index >= 15 is 0 Å². The first-order valence-electron chi connectivity index (χ1n) is 4.67. The average molecular weight is 271 g/mol. The zero-order valence-electron chi connectivity index (χ0n) is 8.54. The molecule has 1 amide bonds. The van der Waals surface area contributed by atoms with Crippen LogP contribution in [0, 0.1) is 5.82 Å². The summed E-state index contributed by atoms with van der Waals surface area (Å²) in [5, 5.41) is 4.47. The van der Waals surface area contributed by atoms with Crippen molar-refractivity contribution in [3.8, 4) is 0 Å². The van der Waals surface area contributed by atoms with Crippen LogP contribution in [-0.2, 0) is 0 Å². The Bertz CT molecular complexity index is 570. The second-order valence-corrected chi connectivity index (χ2v) is 4.64. The Morgan fingerprint density at radius 3 is 2.82 bits per heavy atom. The molecule has 17 heavy (non-hydrogen) atoms. The molecule has 0 saturated heterocycles. The van der Waals surface area contributed by atoms with E-state index in [4.69, 9.17) is 17.3 Å². The molecule has 1 aromatic heterocycles. The third-order valence-electron chi connectivity index (χ3n) is 2.08. The Kier molecular flexibility index (Phi) is 3.31. The van der Waals surface area contributed by atoms with Crippen LogP contribution in [0.5, 0.6) is 0 Å². The van der Waals surface area contributed by atoms with Crippen LogP contribution in [-0.4, -0.2) is 5.91 Å². The molecule has 0 atom stereocenters. The summed E-state index contributed by atoms with van der Waals surface area (Å²) in [5.41, 5.74) is 6.00. The molecular weight excluding hydrogens is 263 g/mol. The van der Waals surface area contributed by atoms with E-state index in [1.807, 2.05) is 0 Å². The minimum Gasteiger partial charge on any atom is -0.397 e. The van der Waals surface area contributed by atoms with Gasteiger partial charge in [-0.15, -0.1) is 11.3 Å². The molecule has 0 radical (unpaired) electrons. The molecule has 0 spiro atoms. The smallest absolute Gasteiger partial charge is 0.267 e. The highest BCUT2D eigenvalue weighted by Gasteiger charge is 2.13. The number of rotatable bonds is 2. The zero-order valence-corrected chi connectivity index (χ0v) is 10.1. The minimum atomic E-state index is -0.544. The van der Waals surface area contributed by atoms with Crippen molar-refractivity contribution in [2.24, 2.45) is 0 Å². The van der Waals surface area contributed by atoms with Crippen molar-refractivity contribution in [3.63, 3.8) is 0 Å². The van der Waals surface area contributed by atoms with Gasteiger partial charge in [-0.25, -0.2) is 4.39 Å². The topological polar surface area (TPSA) is 55.1 Å². The van der Waals surface area contributed by atoms with E-state index in [0.29, 0.717) is 15.6 Å². The second-order valence-electron chi connectivity index (χ2n) is 3.28. The Balaban J connectivity index is 2.24. The van der Waals surface area contributed by atoms with E-state index in [1.54, 1.807) is 11.4 Å². The van der Waals surface area contributed by atoms with Gasteiger partial charge >= 0.3 is 0 Å². The molecule has 0 saturated carbocycles. The highest BCUT2D eigenvalue weighted by molar-refractivity contribution is 7.12. The summed E-state index contributed by atoms with van der Waals surface area (Å²) >= 11 is 6.91. The first-order valence-corrected chi connectivity index (χ1v) is 5.93. The normalized spacial score (nSPS) is 10.2. The van der Waals surface area contributed by atoms with Gasteiger partial charge in [-0.3, -0.25) is 4.79 Å². The van der Waals surface area contributed by atoms with Crippen LogP contribution in [0.3, 0.4) is 0 Å². The van der Waals surface area contributed by atoms with Gasteiger partial charge in [0.2, 0.25) is 0 Å². The molecule has 0 fully saturated rings. The third kappa shape index (κ3) is 2.57. The van der Waals surface area contributed by atoms with Crippen molar-refractivity contribution in [1.82, 2.24) is 0 Å². The standard InChI is InChI=1S/C11H8ClFN2OS/c12-6-1-2-7(13)9(5-6)15-11(16)10-8(14)3-4-17-10/h1-5H,14H2,(H,15,16). The molecule has 6 heteroatoms. The number of hydrogen-bond donors (Lipinski definition) is 2. The lowest BCUT2D eigenvalue weighted by Gasteiger charge is -2.06. The van der Waals surface area contributed by atoms with Gasteiger partial charge in [0.15, 0.2) is 0 Å². The highest BCUT2D eigenvalue weighted by atomic mass is 35.5. The number of benzene rings is 1. The first-order chi connectivity index (χ1) is 8.08. The fraction of sp³-hybridized carbons (Fsp3) is 0. The molecule has 3 nitrogen and oxygen atoms in total. The molecular formula is C11H8ClFN2OS. The molecule has 2 rings (SSSR count). The Morgan fingerprint density at radius 1 is 1.41 bits per heavy atom. The number of nitrogens with two attached hydrogens (primary N) is 1. The fourth-order valence-electron chi connectivity index (χ4n) is 1.28. The van der Waals surface area contributed by atoms with Gasteiger partial charge in [-0.2, -0.15) is 0 Å². The van der Waals surface area contributed by atoms with Gasteiger partial charge in [0, 0.05) is 5.02 Å². The summed E-state index contributed by atoms with van der Waals surface area (Å²) in [7, 11) is 0. The van der Waals surface area contributed by atoms with Gasteiger partial charge in [0.1, 0.15) is 10.7 Å². The number of amides is 1. The lowest BCUT2D eigenvalue weighted by atomic mass is 10.3. The van der Waals surface area contributed by atoms with Gasteiger partial charge in [-0.05, 0) is 29.6 Å². The maximum absolute atomic E-state index is 13.4. The number of anilines is 2. The number of halogens is 2. The monoisotopic (exact) mass is 270 g/mol.